The standard InChI is InChI=1S/C14H25N3O2/c1-11(12-4-2-5-15-9-12)8-14(19)17-7-3-6-16-13(18)10-17/h11-12,15H,2-10H2,1H3,(H,16,18). The molecule has 0 aromatic carbocycles. The molecule has 0 aromatic heterocycles. The van der Waals surface area contributed by atoms with E-state index in [1.807, 2.05) is 0 Å². The molecule has 2 heterocycles. The number of amides is 2. The summed E-state index contributed by atoms with van der Waals surface area (Å²) >= 11 is 0. The first kappa shape index (κ1) is 14.3. The number of rotatable bonds is 3. The largest absolute Gasteiger partial charge is 0.354 e. The van der Waals surface area contributed by atoms with Gasteiger partial charge in [-0.1, -0.05) is 6.92 Å². The van der Waals surface area contributed by atoms with Crippen LogP contribution in [0.2, 0.25) is 0 Å². The smallest absolute Gasteiger partial charge is 0.239 e. The van der Waals surface area contributed by atoms with E-state index in [0.717, 1.165) is 19.5 Å². The van der Waals surface area contributed by atoms with Crippen LogP contribution in [-0.2, 0) is 9.59 Å². The van der Waals surface area contributed by atoms with E-state index in [1.54, 1.807) is 4.90 Å². The highest BCUT2D eigenvalue weighted by Crippen LogP contribution is 2.23. The van der Waals surface area contributed by atoms with Gasteiger partial charge in [0, 0.05) is 19.5 Å². The van der Waals surface area contributed by atoms with Crippen LogP contribution in [0.4, 0.5) is 0 Å². The molecule has 0 aromatic rings. The molecular formula is C14H25N3O2. The van der Waals surface area contributed by atoms with Crippen LogP contribution in [0, 0.1) is 11.8 Å². The quantitative estimate of drug-likeness (QED) is 0.776. The molecule has 2 amide bonds. The summed E-state index contributed by atoms with van der Waals surface area (Å²) in [5.74, 6) is 1.10. The van der Waals surface area contributed by atoms with Gasteiger partial charge in [-0.3, -0.25) is 9.59 Å². The van der Waals surface area contributed by atoms with E-state index < -0.39 is 0 Å². The summed E-state index contributed by atoms with van der Waals surface area (Å²) in [7, 11) is 0. The van der Waals surface area contributed by atoms with Crippen LogP contribution in [0.15, 0.2) is 0 Å². The van der Waals surface area contributed by atoms with Gasteiger partial charge in [0.2, 0.25) is 11.8 Å². The predicted molar refractivity (Wildman–Crippen MR) is 73.6 cm³/mol. The molecule has 2 aliphatic rings. The summed E-state index contributed by atoms with van der Waals surface area (Å²) in [6.07, 6.45) is 3.84. The average molecular weight is 267 g/mol. The molecule has 2 unspecified atom stereocenters. The molecule has 0 bridgehead atoms. The molecule has 5 heteroatoms. The van der Waals surface area contributed by atoms with Crippen molar-refractivity contribution in [3.8, 4) is 0 Å². The first-order valence-corrected chi connectivity index (χ1v) is 7.42. The molecule has 0 aliphatic carbocycles. The van der Waals surface area contributed by atoms with Gasteiger partial charge in [-0.05, 0) is 44.2 Å². The van der Waals surface area contributed by atoms with Gasteiger partial charge in [0.15, 0.2) is 0 Å². The molecule has 108 valence electrons. The molecular weight excluding hydrogens is 242 g/mol. The maximum absolute atomic E-state index is 12.3. The summed E-state index contributed by atoms with van der Waals surface area (Å²) in [6.45, 7) is 5.90. The maximum atomic E-state index is 12.3. The van der Waals surface area contributed by atoms with Gasteiger partial charge >= 0.3 is 0 Å². The maximum Gasteiger partial charge on any atom is 0.239 e. The molecule has 2 aliphatic heterocycles. The second-order valence-corrected chi connectivity index (χ2v) is 5.81. The van der Waals surface area contributed by atoms with Crippen LogP contribution in [-0.4, -0.2) is 49.4 Å². The molecule has 19 heavy (non-hydrogen) atoms. The number of hydrogen-bond donors (Lipinski definition) is 2. The Morgan fingerprint density at radius 2 is 2.26 bits per heavy atom. The minimum atomic E-state index is -0.0298. The highest BCUT2D eigenvalue weighted by molar-refractivity contribution is 5.85. The lowest BCUT2D eigenvalue weighted by Crippen LogP contribution is -2.40. The van der Waals surface area contributed by atoms with E-state index in [9.17, 15) is 9.59 Å². The Hall–Kier alpha value is -1.10. The second-order valence-electron chi connectivity index (χ2n) is 5.81. The third kappa shape index (κ3) is 4.20. The van der Waals surface area contributed by atoms with E-state index in [4.69, 9.17) is 0 Å². The van der Waals surface area contributed by atoms with Crippen molar-refractivity contribution in [3.05, 3.63) is 0 Å². The van der Waals surface area contributed by atoms with Crippen LogP contribution in [0.25, 0.3) is 0 Å². The number of carbonyl (C=O) groups excluding carboxylic acids is 2. The lowest BCUT2D eigenvalue weighted by molar-refractivity contribution is -0.136. The summed E-state index contributed by atoms with van der Waals surface area (Å²) in [5, 5.41) is 6.20. The van der Waals surface area contributed by atoms with E-state index in [2.05, 4.69) is 17.6 Å². The second kappa shape index (κ2) is 6.89. The fourth-order valence-corrected chi connectivity index (χ4v) is 2.95. The van der Waals surface area contributed by atoms with Gasteiger partial charge < -0.3 is 15.5 Å². The zero-order chi connectivity index (χ0) is 13.7. The van der Waals surface area contributed by atoms with Crippen molar-refractivity contribution in [3.63, 3.8) is 0 Å². The molecule has 0 radical (unpaired) electrons. The first-order chi connectivity index (χ1) is 9.16. The van der Waals surface area contributed by atoms with E-state index >= 15 is 0 Å². The molecule has 2 rings (SSSR count). The van der Waals surface area contributed by atoms with E-state index in [-0.39, 0.29) is 18.4 Å². The van der Waals surface area contributed by atoms with Crippen molar-refractivity contribution in [2.75, 3.05) is 32.7 Å². The van der Waals surface area contributed by atoms with Gasteiger partial charge in [-0.2, -0.15) is 0 Å². The molecule has 5 nitrogen and oxygen atoms in total. The molecule has 2 fully saturated rings. The summed E-state index contributed by atoms with van der Waals surface area (Å²) in [6, 6.07) is 0. The Balaban J connectivity index is 1.83. The Labute approximate surface area is 115 Å². The lowest BCUT2D eigenvalue weighted by Gasteiger charge is -2.29. The third-order valence-corrected chi connectivity index (χ3v) is 4.25. The molecule has 0 spiro atoms. The minimum absolute atomic E-state index is 0.0298. The zero-order valence-corrected chi connectivity index (χ0v) is 11.8. The summed E-state index contributed by atoms with van der Waals surface area (Å²) in [5.41, 5.74) is 0. The Kier molecular flexibility index (Phi) is 5.19. The van der Waals surface area contributed by atoms with Crippen LogP contribution in [0.3, 0.4) is 0 Å². The number of nitrogens with zero attached hydrogens (tertiary/aromatic N) is 1. The van der Waals surface area contributed by atoms with E-state index in [0.29, 0.717) is 31.3 Å². The molecule has 2 atom stereocenters. The monoisotopic (exact) mass is 267 g/mol. The van der Waals surface area contributed by atoms with Crippen molar-refractivity contribution in [2.24, 2.45) is 11.8 Å². The van der Waals surface area contributed by atoms with Gasteiger partial charge in [0.05, 0.1) is 6.54 Å². The van der Waals surface area contributed by atoms with Gasteiger partial charge in [0.1, 0.15) is 0 Å². The van der Waals surface area contributed by atoms with Crippen molar-refractivity contribution < 1.29 is 9.59 Å². The molecule has 2 N–H and O–H groups in total. The van der Waals surface area contributed by atoms with Crippen LogP contribution >= 0.6 is 0 Å². The van der Waals surface area contributed by atoms with Crippen LogP contribution in [0.1, 0.15) is 32.6 Å². The Bertz CT molecular complexity index is 327. The summed E-state index contributed by atoms with van der Waals surface area (Å²) in [4.78, 5) is 25.5. The van der Waals surface area contributed by atoms with Crippen LogP contribution < -0.4 is 10.6 Å². The van der Waals surface area contributed by atoms with E-state index in [1.165, 1.54) is 12.8 Å². The van der Waals surface area contributed by atoms with Gasteiger partial charge in [0.25, 0.3) is 0 Å². The highest BCUT2D eigenvalue weighted by Gasteiger charge is 2.25. The van der Waals surface area contributed by atoms with Crippen LogP contribution in [0.5, 0.6) is 0 Å². The van der Waals surface area contributed by atoms with Crippen molar-refractivity contribution in [1.82, 2.24) is 15.5 Å². The zero-order valence-electron chi connectivity index (χ0n) is 11.8. The molecule has 2 saturated heterocycles. The number of hydrogen-bond acceptors (Lipinski definition) is 3. The number of nitrogens with one attached hydrogen (secondary N) is 2. The topological polar surface area (TPSA) is 61.4 Å². The fraction of sp³-hybridized carbons (Fsp3) is 0.857. The Morgan fingerprint density at radius 1 is 1.42 bits per heavy atom. The number of piperidine rings is 1. The lowest BCUT2D eigenvalue weighted by atomic mass is 9.85. The number of carbonyl (C=O) groups is 2. The van der Waals surface area contributed by atoms with Gasteiger partial charge in [-0.15, -0.1) is 0 Å². The van der Waals surface area contributed by atoms with Gasteiger partial charge in [-0.25, -0.2) is 0 Å². The fourth-order valence-electron chi connectivity index (χ4n) is 2.95. The van der Waals surface area contributed by atoms with Crippen molar-refractivity contribution >= 4 is 11.8 Å². The highest BCUT2D eigenvalue weighted by atomic mass is 16.2. The average Bonchev–Trinajstić information content (AvgIpc) is 2.64. The molecule has 0 saturated carbocycles. The van der Waals surface area contributed by atoms with Crippen molar-refractivity contribution in [2.45, 2.75) is 32.6 Å². The minimum Gasteiger partial charge on any atom is -0.354 e. The first-order valence-electron chi connectivity index (χ1n) is 7.42. The van der Waals surface area contributed by atoms with Crippen molar-refractivity contribution in [1.29, 1.82) is 0 Å². The Morgan fingerprint density at radius 3 is 3.00 bits per heavy atom. The predicted octanol–water partition coefficient (Wildman–Crippen LogP) is 0.361. The normalized spacial score (nSPS) is 26.5. The third-order valence-electron chi connectivity index (χ3n) is 4.25. The summed E-state index contributed by atoms with van der Waals surface area (Å²) < 4.78 is 0. The SMILES string of the molecule is CC(CC(=O)N1CCCNC(=O)C1)C1CCCNC1.